The number of aliphatic imine (C=N–C) groups is 1. The van der Waals surface area contributed by atoms with Crippen LogP contribution in [0.5, 0.6) is 0 Å². The lowest BCUT2D eigenvalue weighted by molar-refractivity contribution is 0.353. The largest absolute Gasteiger partial charge is 0.357 e. The summed E-state index contributed by atoms with van der Waals surface area (Å²) in [6, 6.07) is 3.92. The van der Waals surface area contributed by atoms with Crippen LogP contribution in [0.4, 0.5) is 0 Å². The second kappa shape index (κ2) is 7.40. The van der Waals surface area contributed by atoms with E-state index in [-0.39, 0.29) is 5.75 Å². The summed E-state index contributed by atoms with van der Waals surface area (Å²) in [5.41, 5.74) is 0. The number of thiophene rings is 1. The molecule has 1 N–H and O–H groups in total. The maximum absolute atomic E-state index is 12.1. The van der Waals surface area contributed by atoms with E-state index in [4.69, 9.17) is 11.6 Å². The lowest BCUT2D eigenvalue weighted by Gasteiger charge is -2.39. The third kappa shape index (κ3) is 4.61. The highest BCUT2D eigenvalue weighted by molar-refractivity contribution is 7.92. The Morgan fingerprint density at radius 3 is 2.78 bits per heavy atom. The van der Waals surface area contributed by atoms with Crippen molar-refractivity contribution < 1.29 is 8.42 Å². The summed E-state index contributed by atoms with van der Waals surface area (Å²) in [5.74, 6) is 0.962. The Kier molecular flexibility index (Phi) is 5.97. The molecule has 1 aromatic heterocycles. The topological polar surface area (TPSA) is 61.8 Å². The Balaban J connectivity index is 2.04. The molecule has 130 valence electrons. The first-order valence-corrected chi connectivity index (χ1v) is 10.6. The number of hydrogen-bond donors (Lipinski definition) is 1. The van der Waals surface area contributed by atoms with Crippen molar-refractivity contribution in [1.29, 1.82) is 0 Å². The van der Waals surface area contributed by atoms with Crippen molar-refractivity contribution in [3.8, 4) is 0 Å². The first-order valence-electron chi connectivity index (χ1n) is 7.75. The Morgan fingerprint density at radius 1 is 1.48 bits per heavy atom. The van der Waals surface area contributed by atoms with Crippen LogP contribution < -0.4 is 5.32 Å². The summed E-state index contributed by atoms with van der Waals surface area (Å²) in [6.45, 7) is 7.95. The van der Waals surface area contributed by atoms with Gasteiger partial charge in [0.1, 0.15) is 0 Å². The van der Waals surface area contributed by atoms with Gasteiger partial charge in [0.05, 0.1) is 14.8 Å². The van der Waals surface area contributed by atoms with E-state index in [0.29, 0.717) is 19.6 Å². The zero-order chi connectivity index (χ0) is 17.1. The molecule has 0 spiro atoms. The molecule has 0 unspecified atom stereocenters. The van der Waals surface area contributed by atoms with E-state index in [1.165, 1.54) is 4.88 Å². The Morgan fingerprint density at radius 2 is 2.22 bits per heavy atom. The average molecular weight is 378 g/mol. The molecule has 23 heavy (non-hydrogen) atoms. The Bertz CT molecular complexity index is 668. The second-order valence-corrected chi connectivity index (χ2v) is 10.7. The number of guanidine groups is 1. The zero-order valence-corrected chi connectivity index (χ0v) is 16.2. The van der Waals surface area contributed by atoms with E-state index in [9.17, 15) is 8.42 Å². The molecule has 1 aromatic rings. The van der Waals surface area contributed by atoms with Crippen LogP contribution in [0.15, 0.2) is 17.1 Å². The summed E-state index contributed by atoms with van der Waals surface area (Å²) in [4.78, 5) is 7.91. The number of nitrogens with zero attached hydrogens (tertiary/aromatic N) is 2. The van der Waals surface area contributed by atoms with Crippen LogP contribution in [0.25, 0.3) is 0 Å². The number of nitrogens with one attached hydrogen (secondary N) is 1. The average Bonchev–Trinajstić information content (AvgIpc) is 2.87. The monoisotopic (exact) mass is 377 g/mol. The van der Waals surface area contributed by atoms with E-state index in [1.807, 2.05) is 24.0 Å². The quantitative estimate of drug-likeness (QED) is 0.646. The van der Waals surface area contributed by atoms with Gasteiger partial charge in [-0.2, -0.15) is 0 Å². The lowest BCUT2D eigenvalue weighted by atomic mass is 10.2. The minimum atomic E-state index is -3.04. The Labute approximate surface area is 147 Å². The zero-order valence-electron chi connectivity index (χ0n) is 13.8. The van der Waals surface area contributed by atoms with Crippen molar-refractivity contribution >= 4 is 38.7 Å². The van der Waals surface area contributed by atoms with Crippen LogP contribution in [0.1, 0.15) is 25.6 Å². The van der Waals surface area contributed by atoms with Crippen LogP contribution in [-0.4, -0.2) is 56.0 Å². The van der Waals surface area contributed by atoms with Gasteiger partial charge in [-0.05, 0) is 32.9 Å². The summed E-state index contributed by atoms with van der Waals surface area (Å²) in [5, 5.41) is 3.27. The third-order valence-corrected chi connectivity index (χ3v) is 7.75. The third-order valence-electron chi connectivity index (χ3n) is 3.93. The molecule has 0 aliphatic carbocycles. The predicted molar refractivity (Wildman–Crippen MR) is 98.5 cm³/mol. The second-order valence-electron chi connectivity index (χ2n) is 6.19. The van der Waals surface area contributed by atoms with Crippen molar-refractivity contribution in [3.05, 3.63) is 21.3 Å². The molecule has 1 aliphatic rings. The maximum Gasteiger partial charge on any atom is 0.194 e. The molecule has 0 radical (unpaired) electrons. The van der Waals surface area contributed by atoms with Gasteiger partial charge in [0.15, 0.2) is 15.8 Å². The van der Waals surface area contributed by atoms with E-state index < -0.39 is 14.6 Å². The first-order chi connectivity index (χ1) is 10.7. The summed E-state index contributed by atoms with van der Waals surface area (Å²) in [6.07, 6.45) is 0.835. The number of hydrogen-bond acceptors (Lipinski definition) is 4. The molecule has 1 fully saturated rings. The van der Waals surface area contributed by atoms with Crippen LogP contribution >= 0.6 is 22.9 Å². The van der Waals surface area contributed by atoms with E-state index >= 15 is 0 Å². The summed E-state index contributed by atoms with van der Waals surface area (Å²) < 4.78 is 24.3. The van der Waals surface area contributed by atoms with Gasteiger partial charge < -0.3 is 10.2 Å². The van der Waals surface area contributed by atoms with Gasteiger partial charge in [-0.1, -0.05) is 11.6 Å². The van der Waals surface area contributed by atoms with Crippen molar-refractivity contribution in [2.24, 2.45) is 4.99 Å². The predicted octanol–water partition coefficient (Wildman–Crippen LogP) is 2.42. The molecular weight excluding hydrogens is 354 g/mol. The SMILES string of the molecule is CCNC(=NCCc1ccc(Cl)s1)N1CCS(=O)(=O)C(C)(C)C1. The van der Waals surface area contributed by atoms with Crippen LogP contribution in [-0.2, 0) is 16.3 Å². The number of halogens is 1. The van der Waals surface area contributed by atoms with Gasteiger partial charge >= 0.3 is 0 Å². The molecule has 0 bridgehead atoms. The summed E-state index contributed by atoms with van der Waals surface area (Å²) in [7, 11) is -3.04. The van der Waals surface area contributed by atoms with Crippen molar-refractivity contribution in [2.45, 2.75) is 31.9 Å². The highest BCUT2D eigenvalue weighted by Crippen LogP contribution is 2.24. The highest BCUT2D eigenvalue weighted by Gasteiger charge is 2.40. The number of sulfone groups is 1. The molecule has 1 saturated heterocycles. The van der Waals surface area contributed by atoms with Crippen molar-refractivity contribution in [3.63, 3.8) is 0 Å². The molecule has 8 heteroatoms. The maximum atomic E-state index is 12.1. The lowest BCUT2D eigenvalue weighted by Crippen LogP contribution is -2.57. The van der Waals surface area contributed by atoms with Gasteiger partial charge in [-0.25, -0.2) is 8.42 Å². The fraction of sp³-hybridized carbons (Fsp3) is 0.667. The standard InChI is InChI=1S/C15H24ClN3O2S2/c1-4-17-14(18-8-7-12-5-6-13(16)22-12)19-9-10-23(20,21)15(2,3)11-19/h5-6H,4,7-11H2,1-3H3,(H,17,18). The molecule has 2 rings (SSSR count). The summed E-state index contributed by atoms with van der Waals surface area (Å²) >= 11 is 7.51. The molecule has 0 amide bonds. The first kappa shape index (κ1) is 18.5. The van der Waals surface area contributed by atoms with Crippen LogP contribution in [0.3, 0.4) is 0 Å². The highest BCUT2D eigenvalue weighted by atomic mass is 35.5. The van der Waals surface area contributed by atoms with Gasteiger partial charge in [-0.3, -0.25) is 4.99 Å². The van der Waals surface area contributed by atoms with Gasteiger partial charge in [-0.15, -0.1) is 11.3 Å². The fourth-order valence-electron chi connectivity index (χ4n) is 2.51. The van der Waals surface area contributed by atoms with Crippen LogP contribution in [0.2, 0.25) is 4.34 Å². The minimum absolute atomic E-state index is 0.172. The molecular formula is C15H24ClN3O2S2. The molecule has 0 aromatic carbocycles. The van der Waals surface area contributed by atoms with Crippen molar-refractivity contribution in [2.75, 3.05) is 31.9 Å². The van der Waals surface area contributed by atoms with Gasteiger partial charge in [0.2, 0.25) is 0 Å². The van der Waals surface area contributed by atoms with E-state index in [0.717, 1.165) is 23.3 Å². The van der Waals surface area contributed by atoms with Crippen LogP contribution in [0, 0.1) is 0 Å². The van der Waals surface area contributed by atoms with E-state index in [2.05, 4.69) is 10.3 Å². The minimum Gasteiger partial charge on any atom is -0.357 e. The molecule has 5 nitrogen and oxygen atoms in total. The number of rotatable bonds is 4. The molecule has 1 aliphatic heterocycles. The fourth-order valence-corrected chi connectivity index (χ4v) is 4.95. The Hall–Kier alpha value is -0.790. The molecule has 0 saturated carbocycles. The molecule has 0 atom stereocenters. The van der Waals surface area contributed by atoms with Gasteiger partial charge in [0.25, 0.3) is 0 Å². The smallest absolute Gasteiger partial charge is 0.194 e. The van der Waals surface area contributed by atoms with Crippen molar-refractivity contribution in [1.82, 2.24) is 10.2 Å². The van der Waals surface area contributed by atoms with E-state index in [1.54, 1.807) is 25.2 Å². The normalized spacial score (nSPS) is 20.5. The van der Waals surface area contributed by atoms with Gasteiger partial charge in [0, 0.05) is 37.5 Å². The molecule has 2 heterocycles.